The first-order valence-electron chi connectivity index (χ1n) is 5.54. The summed E-state index contributed by atoms with van der Waals surface area (Å²) >= 11 is 0. The van der Waals surface area contributed by atoms with Crippen molar-refractivity contribution in [3.8, 4) is 24.3 Å². The Labute approximate surface area is 100.0 Å². The second-order valence-electron chi connectivity index (χ2n) is 4.59. The molecule has 0 amide bonds. The predicted molar refractivity (Wildman–Crippen MR) is 57.3 cm³/mol. The van der Waals surface area contributed by atoms with Gasteiger partial charge in [0.1, 0.15) is 0 Å². The van der Waals surface area contributed by atoms with Crippen molar-refractivity contribution in [3.05, 3.63) is 12.2 Å². The highest BCUT2D eigenvalue weighted by Gasteiger charge is 2.64. The summed E-state index contributed by atoms with van der Waals surface area (Å²) in [4.78, 5) is 0. The van der Waals surface area contributed by atoms with Crippen molar-refractivity contribution < 1.29 is 0 Å². The van der Waals surface area contributed by atoms with Crippen molar-refractivity contribution in [2.24, 2.45) is 22.7 Å². The number of rotatable bonds is 0. The first-order chi connectivity index (χ1) is 8.20. The first kappa shape index (κ1) is 11.2. The highest BCUT2D eigenvalue weighted by Crippen LogP contribution is 2.57. The van der Waals surface area contributed by atoms with E-state index in [9.17, 15) is 21.0 Å². The van der Waals surface area contributed by atoms with Crippen LogP contribution in [0.25, 0.3) is 0 Å². The summed E-state index contributed by atoms with van der Waals surface area (Å²) in [5.74, 6) is -0.619. The van der Waals surface area contributed by atoms with Gasteiger partial charge >= 0.3 is 0 Å². The second-order valence-corrected chi connectivity index (χ2v) is 4.59. The van der Waals surface area contributed by atoms with Crippen molar-refractivity contribution in [3.63, 3.8) is 0 Å². The van der Waals surface area contributed by atoms with Crippen molar-refractivity contribution in [1.82, 2.24) is 0 Å². The van der Waals surface area contributed by atoms with Crippen molar-refractivity contribution in [2.75, 3.05) is 0 Å². The van der Waals surface area contributed by atoms with Crippen LogP contribution in [0.15, 0.2) is 12.2 Å². The van der Waals surface area contributed by atoms with Crippen LogP contribution in [0.3, 0.4) is 0 Å². The lowest BCUT2D eigenvalue weighted by molar-refractivity contribution is 0.174. The molecule has 3 aliphatic carbocycles. The fraction of sp³-hybridized carbons (Fsp3) is 0.538. The molecule has 0 aromatic heterocycles. The molecule has 2 atom stereocenters. The van der Waals surface area contributed by atoms with Gasteiger partial charge in [0.25, 0.3) is 0 Å². The second kappa shape index (κ2) is 3.62. The Bertz CT molecular complexity index is 456. The van der Waals surface area contributed by atoms with Crippen molar-refractivity contribution in [1.29, 1.82) is 21.0 Å². The number of hydrogen-bond acceptors (Lipinski definition) is 4. The molecular weight excluding hydrogens is 212 g/mol. The summed E-state index contributed by atoms with van der Waals surface area (Å²) in [5, 5.41) is 37.5. The van der Waals surface area contributed by atoms with E-state index in [-0.39, 0.29) is 11.8 Å². The molecule has 4 heteroatoms. The maximum absolute atomic E-state index is 9.38. The van der Waals surface area contributed by atoms with Crippen LogP contribution in [0.1, 0.15) is 19.3 Å². The molecule has 17 heavy (non-hydrogen) atoms. The topological polar surface area (TPSA) is 95.2 Å². The predicted octanol–water partition coefficient (Wildman–Crippen LogP) is 2.04. The minimum atomic E-state index is -1.52. The Hall–Kier alpha value is -2.30. The molecule has 0 spiro atoms. The van der Waals surface area contributed by atoms with E-state index in [2.05, 4.69) is 0 Å². The molecule has 0 aromatic rings. The van der Waals surface area contributed by atoms with Crippen LogP contribution < -0.4 is 0 Å². The Morgan fingerprint density at radius 2 is 1.12 bits per heavy atom. The average molecular weight is 222 g/mol. The molecule has 0 aromatic carbocycles. The maximum atomic E-state index is 9.38. The zero-order chi connectivity index (χ0) is 12.5. The Kier molecular flexibility index (Phi) is 2.38. The molecule has 4 nitrogen and oxygen atoms in total. The van der Waals surface area contributed by atoms with Gasteiger partial charge < -0.3 is 0 Å². The van der Waals surface area contributed by atoms with Crippen LogP contribution in [0.2, 0.25) is 0 Å². The van der Waals surface area contributed by atoms with Crippen LogP contribution >= 0.6 is 0 Å². The molecule has 3 aliphatic rings. The molecule has 0 radical (unpaired) electrons. The highest BCUT2D eigenvalue weighted by atomic mass is 14.6. The lowest BCUT2D eigenvalue weighted by Gasteiger charge is -2.40. The Morgan fingerprint density at radius 3 is 1.41 bits per heavy atom. The molecule has 0 saturated heterocycles. The van der Waals surface area contributed by atoms with Gasteiger partial charge in [-0.25, -0.2) is 0 Å². The minimum absolute atomic E-state index is 0.310. The molecule has 0 heterocycles. The average Bonchev–Trinajstić information content (AvgIpc) is 2.69. The van der Waals surface area contributed by atoms with Crippen LogP contribution in [-0.4, -0.2) is 0 Å². The van der Waals surface area contributed by atoms with Gasteiger partial charge in [0.05, 0.1) is 24.3 Å². The quantitative estimate of drug-likeness (QED) is 0.586. The first-order valence-corrected chi connectivity index (χ1v) is 5.54. The van der Waals surface area contributed by atoms with Crippen LogP contribution in [0, 0.1) is 68.0 Å². The van der Waals surface area contributed by atoms with Crippen molar-refractivity contribution >= 4 is 0 Å². The fourth-order valence-corrected chi connectivity index (χ4v) is 3.06. The molecule has 82 valence electrons. The van der Waals surface area contributed by atoms with Gasteiger partial charge in [0.2, 0.25) is 0 Å². The summed E-state index contributed by atoms with van der Waals surface area (Å²) in [5.41, 5.74) is -3.04. The molecule has 0 unspecified atom stereocenters. The molecule has 3 rings (SSSR count). The van der Waals surface area contributed by atoms with E-state index in [0.717, 1.165) is 6.42 Å². The lowest BCUT2D eigenvalue weighted by Crippen LogP contribution is -2.48. The zero-order valence-electron chi connectivity index (χ0n) is 9.22. The third-order valence-electron chi connectivity index (χ3n) is 4.05. The SMILES string of the molecule is N#CC1(C#N)[C@@H]2C=C[C@@H](CCC2)C1(C#N)C#N. The van der Waals surface area contributed by atoms with Gasteiger partial charge in [0, 0.05) is 11.8 Å². The minimum Gasteiger partial charge on any atom is -0.196 e. The van der Waals surface area contributed by atoms with E-state index in [0.29, 0.717) is 12.8 Å². The lowest BCUT2D eigenvalue weighted by atomic mass is 9.53. The van der Waals surface area contributed by atoms with Gasteiger partial charge in [-0.1, -0.05) is 18.6 Å². The molecular formula is C13H10N4. The van der Waals surface area contributed by atoms with E-state index in [1.807, 2.05) is 36.4 Å². The molecule has 2 bridgehead atoms. The third kappa shape index (κ3) is 1.08. The largest absolute Gasteiger partial charge is 0.196 e. The monoisotopic (exact) mass is 222 g/mol. The van der Waals surface area contributed by atoms with Gasteiger partial charge in [-0.15, -0.1) is 0 Å². The smallest absolute Gasteiger partial charge is 0.182 e. The molecule has 1 saturated carbocycles. The van der Waals surface area contributed by atoms with E-state index < -0.39 is 10.8 Å². The summed E-state index contributed by atoms with van der Waals surface area (Å²) in [6.45, 7) is 0. The molecule has 0 N–H and O–H groups in total. The third-order valence-corrected chi connectivity index (χ3v) is 4.05. The van der Waals surface area contributed by atoms with E-state index in [1.165, 1.54) is 0 Å². The van der Waals surface area contributed by atoms with Crippen LogP contribution in [0.4, 0.5) is 0 Å². The fourth-order valence-electron chi connectivity index (χ4n) is 3.06. The normalized spacial score (nSPS) is 31.3. The summed E-state index contributed by atoms with van der Waals surface area (Å²) in [7, 11) is 0. The van der Waals surface area contributed by atoms with Gasteiger partial charge in [-0.3, -0.25) is 0 Å². The summed E-state index contributed by atoms with van der Waals surface area (Å²) in [6, 6.07) is 7.90. The number of nitriles is 4. The molecule has 1 fully saturated rings. The van der Waals surface area contributed by atoms with Gasteiger partial charge in [0.15, 0.2) is 10.8 Å². The Morgan fingerprint density at radius 1 is 0.765 bits per heavy atom. The number of hydrogen-bond donors (Lipinski definition) is 0. The summed E-state index contributed by atoms with van der Waals surface area (Å²) in [6.07, 6.45) is 5.92. The van der Waals surface area contributed by atoms with E-state index in [1.54, 1.807) is 0 Å². The summed E-state index contributed by atoms with van der Waals surface area (Å²) < 4.78 is 0. The molecule has 0 aliphatic heterocycles. The standard InChI is InChI=1S/C13H10N4/c14-6-12(7-15)10-2-1-3-11(5-4-10)13(12,8-16)9-17/h4-5,10-11H,1-3H2/t10-,11+. The van der Waals surface area contributed by atoms with Crippen LogP contribution in [-0.2, 0) is 0 Å². The van der Waals surface area contributed by atoms with Crippen LogP contribution in [0.5, 0.6) is 0 Å². The maximum Gasteiger partial charge on any atom is 0.182 e. The zero-order valence-corrected chi connectivity index (χ0v) is 9.22. The van der Waals surface area contributed by atoms with Gasteiger partial charge in [-0.2, -0.15) is 21.0 Å². The van der Waals surface area contributed by atoms with E-state index >= 15 is 0 Å². The number of allylic oxidation sites excluding steroid dienone is 2. The van der Waals surface area contributed by atoms with E-state index in [4.69, 9.17) is 0 Å². The Balaban J connectivity index is 2.77. The highest BCUT2D eigenvalue weighted by molar-refractivity contribution is 5.42. The van der Waals surface area contributed by atoms with Gasteiger partial charge in [-0.05, 0) is 12.8 Å². The van der Waals surface area contributed by atoms with Crippen molar-refractivity contribution in [2.45, 2.75) is 19.3 Å². The number of nitrogens with zero attached hydrogens (tertiary/aromatic N) is 4. The number of fused-ring (bicyclic) bond motifs is 3.